The van der Waals surface area contributed by atoms with Crippen molar-refractivity contribution in [2.75, 3.05) is 24.4 Å². The summed E-state index contributed by atoms with van der Waals surface area (Å²) < 4.78 is 33.3. The van der Waals surface area contributed by atoms with E-state index >= 15 is 0 Å². The molecule has 5 aromatic rings. The smallest absolute Gasteiger partial charge is 0.255 e. The monoisotopic (exact) mass is 648 g/mol. The number of rotatable bonds is 10. The van der Waals surface area contributed by atoms with E-state index in [1.165, 1.54) is 49.7 Å². The fourth-order valence-corrected chi connectivity index (χ4v) is 6.34. The van der Waals surface area contributed by atoms with Crippen molar-refractivity contribution < 1.29 is 27.9 Å². The lowest BCUT2D eigenvalue weighted by molar-refractivity contribution is 0.0998. The summed E-state index contributed by atoms with van der Waals surface area (Å²) in [6.45, 7) is 1.79. The quantitative estimate of drug-likeness (QED) is 0.112. The van der Waals surface area contributed by atoms with Crippen LogP contribution >= 0.6 is 0 Å². The van der Waals surface area contributed by atoms with Gasteiger partial charge in [-0.15, -0.1) is 0 Å². The van der Waals surface area contributed by atoms with Gasteiger partial charge in [-0.3, -0.25) is 14.6 Å². The maximum atomic E-state index is 14.0. The number of methoxy groups -OCH3 is 1. The van der Waals surface area contributed by atoms with E-state index in [1.54, 1.807) is 55.5 Å². The van der Waals surface area contributed by atoms with Gasteiger partial charge >= 0.3 is 0 Å². The largest absolute Gasteiger partial charge is 0.497 e. The molecule has 47 heavy (non-hydrogen) atoms. The Kier molecular flexibility index (Phi) is 9.85. The van der Waals surface area contributed by atoms with Gasteiger partial charge in [0.2, 0.25) is 9.84 Å². The standard InChI is InChI=1S/C36H32N4O6S/c1-23-17-30(21-31-33(23)38-22-32(35(37)42)34(31)39-27-13-8-14-28(20-27)46-2)47(44,45)29-15-7-11-25(19-29)36(43)40-26-12-6-10-24(18-26)9-4-3-5-16-41/h6-8,10-15,17-22,41H,3,5,16H2,1-2H3,(H2,37,42)(H,38,39)(H,40,43). The van der Waals surface area contributed by atoms with Gasteiger partial charge in [0.1, 0.15) is 5.75 Å². The number of primary amides is 1. The average Bonchev–Trinajstić information content (AvgIpc) is 3.07. The molecule has 0 aliphatic heterocycles. The molecule has 0 saturated heterocycles. The minimum absolute atomic E-state index is 0.0513. The molecular formula is C36H32N4O6S. The number of nitrogens with one attached hydrogen (secondary N) is 2. The zero-order valence-electron chi connectivity index (χ0n) is 25.7. The summed E-state index contributed by atoms with van der Waals surface area (Å²) in [5.74, 6) is 5.31. The number of aliphatic hydroxyl groups is 1. The molecule has 1 heterocycles. The zero-order chi connectivity index (χ0) is 33.6. The highest BCUT2D eigenvalue weighted by molar-refractivity contribution is 7.91. The van der Waals surface area contributed by atoms with E-state index < -0.39 is 21.7 Å². The van der Waals surface area contributed by atoms with Crippen molar-refractivity contribution in [2.24, 2.45) is 5.73 Å². The van der Waals surface area contributed by atoms with E-state index in [2.05, 4.69) is 27.5 Å². The summed E-state index contributed by atoms with van der Waals surface area (Å²) in [6, 6.07) is 22.7. The van der Waals surface area contributed by atoms with Crippen molar-refractivity contribution in [3.05, 3.63) is 113 Å². The van der Waals surface area contributed by atoms with Crippen LogP contribution in [0.25, 0.3) is 10.9 Å². The van der Waals surface area contributed by atoms with Crippen LogP contribution in [0.15, 0.2) is 101 Å². The van der Waals surface area contributed by atoms with Crippen LogP contribution in [0.3, 0.4) is 0 Å². The molecule has 238 valence electrons. The highest BCUT2D eigenvalue weighted by Gasteiger charge is 2.23. The molecular weight excluding hydrogens is 616 g/mol. The van der Waals surface area contributed by atoms with Crippen molar-refractivity contribution in [3.63, 3.8) is 0 Å². The number of hydrogen-bond acceptors (Lipinski definition) is 8. The van der Waals surface area contributed by atoms with Gasteiger partial charge in [0.05, 0.1) is 33.7 Å². The number of nitrogens with zero attached hydrogens (tertiary/aromatic N) is 1. The van der Waals surface area contributed by atoms with Crippen LogP contribution in [-0.2, 0) is 9.84 Å². The normalized spacial score (nSPS) is 11.0. The van der Waals surface area contributed by atoms with E-state index in [0.717, 1.165) is 0 Å². The maximum Gasteiger partial charge on any atom is 0.255 e. The van der Waals surface area contributed by atoms with Crippen molar-refractivity contribution in [1.82, 2.24) is 4.98 Å². The Hall–Kier alpha value is -5.70. The third kappa shape index (κ3) is 7.41. The van der Waals surface area contributed by atoms with Crippen LogP contribution in [0.5, 0.6) is 5.75 Å². The summed E-state index contributed by atoms with van der Waals surface area (Å²) in [4.78, 5) is 29.9. The molecule has 1 aromatic heterocycles. The molecule has 10 nitrogen and oxygen atoms in total. The highest BCUT2D eigenvalue weighted by atomic mass is 32.2. The lowest BCUT2D eigenvalue weighted by Crippen LogP contribution is -2.15. The van der Waals surface area contributed by atoms with Crippen molar-refractivity contribution >= 4 is 49.6 Å². The fraction of sp³-hybridized carbons (Fsp3) is 0.139. The SMILES string of the molecule is COc1cccc(Nc2c(C(N)=O)cnc3c(C)cc(S(=O)(=O)c4cccc(C(=O)Nc5cccc(C#CCCCO)c5)c4)cc23)c1. The molecule has 5 N–H and O–H groups in total. The van der Waals surface area contributed by atoms with E-state index in [4.69, 9.17) is 15.6 Å². The minimum Gasteiger partial charge on any atom is -0.497 e. The first-order chi connectivity index (χ1) is 22.6. The molecule has 0 spiro atoms. The first-order valence-corrected chi connectivity index (χ1v) is 16.1. The van der Waals surface area contributed by atoms with Gasteiger partial charge < -0.3 is 26.2 Å². The number of amides is 2. The van der Waals surface area contributed by atoms with Gasteiger partial charge in [-0.1, -0.05) is 30.0 Å². The first kappa shape index (κ1) is 32.7. The number of fused-ring (bicyclic) bond motifs is 1. The third-order valence-corrected chi connectivity index (χ3v) is 9.00. The lowest BCUT2D eigenvalue weighted by atomic mass is 10.1. The number of pyridine rings is 1. The van der Waals surface area contributed by atoms with E-state index in [1.807, 2.05) is 0 Å². The molecule has 4 aromatic carbocycles. The van der Waals surface area contributed by atoms with Crippen LogP contribution in [0.1, 0.15) is 44.7 Å². The predicted molar refractivity (Wildman–Crippen MR) is 181 cm³/mol. The number of aryl methyl sites for hydroxylation is 1. The molecule has 0 saturated carbocycles. The van der Waals surface area contributed by atoms with Crippen LogP contribution < -0.4 is 21.1 Å². The molecule has 2 amide bonds. The topological polar surface area (TPSA) is 161 Å². The van der Waals surface area contributed by atoms with Gasteiger partial charge in [-0.25, -0.2) is 8.42 Å². The Bertz CT molecular complexity index is 2170. The van der Waals surface area contributed by atoms with Crippen LogP contribution in [0.2, 0.25) is 0 Å². The molecule has 0 radical (unpaired) electrons. The molecule has 0 aliphatic rings. The van der Waals surface area contributed by atoms with Crippen molar-refractivity contribution in [3.8, 4) is 17.6 Å². The van der Waals surface area contributed by atoms with E-state index in [-0.39, 0.29) is 27.5 Å². The molecule has 0 aliphatic carbocycles. The molecule has 0 atom stereocenters. The van der Waals surface area contributed by atoms with E-state index in [0.29, 0.717) is 57.7 Å². The first-order valence-electron chi connectivity index (χ1n) is 14.6. The molecule has 0 fully saturated rings. The number of anilines is 3. The number of nitrogens with two attached hydrogens (primary N) is 1. The van der Waals surface area contributed by atoms with Crippen LogP contribution in [-0.4, -0.2) is 44.0 Å². The number of sulfone groups is 1. The second-order valence-electron chi connectivity index (χ2n) is 10.6. The van der Waals surface area contributed by atoms with Gasteiger partial charge in [-0.05, 0) is 79.6 Å². The van der Waals surface area contributed by atoms with Crippen LogP contribution in [0.4, 0.5) is 17.1 Å². The Morgan fingerprint density at radius 2 is 1.72 bits per heavy atom. The van der Waals surface area contributed by atoms with Crippen LogP contribution in [0, 0.1) is 18.8 Å². The average molecular weight is 649 g/mol. The number of hydrogen-bond donors (Lipinski definition) is 4. The Morgan fingerprint density at radius 3 is 2.49 bits per heavy atom. The van der Waals surface area contributed by atoms with Crippen molar-refractivity contribution in [1.29, 1.82) is 0 Å². The summed E-state index contributed by atoms with van der Waals surface area (Å²) in [5, 5.41) is 15.3. The Labute approximate surface area is 272 Å². The van der Waals surface area contributed by atoms with Gasteiger partial charge in [0, 0.05) is 53.2 Å². The van der Waals surface area contributed by atoms with E-state index in [9.17, 15) is 18.0 Å². The third-order valence-electron chi connectivity index (χ3n) is 7.27. The summed E-state index contributed by atoms with van der Waals surface area (Å²) in [7, 11) is -2.61. The Morgan fingerprint density at radius 1 is 0.957 bits per heavy atom. The second kappa shape index (κ2) is 14.2. The zero-order valence-corrected chi connectivity index (χ0v) is 26.5. The lowest BCUT2D eigenvalue weighted by Gasteiger charge is -2.16. The maximum absolute atomic E-state index is 14.0. The molecule has 5 rings (SSSR count). The summed E-state index contributed by atoms with van der Waals surface area (Å²) >= 11 is 0. The second-order valence-corrected chi connectivity index (χ2v) is 12.5. The summed E-state index contributed by atoms with van der Waals surface area (Å²) in [6.07, 6.45) is 2.48. The number of benzene rings is 4. The fourth-order valence-electron chi connectivity index (χ4n) is 4.92. The predicted octanol–water partition coefficient (Wildman–Crippen LogP) is 5.60. The van der Waals surface area contributed by atoms with Gasteiger partial charge in [0.15, 0.2) is 0 Å². The number of unbranched alkanes of at least 4 members (excludes halogenated alkanes) is 1. The van der Waals surface area contributed by atoms with Gasteiger partial charge in [-0.2, -0.15) is 0 Å². The van der Waals surface area contributed by atoms with Gasteiger partial charge in [0.25, 0.3) is 11.8 Å². The number of ether oxygens (including phenoxy) is 1. The molecule has 11 heteroatoms. The summed E-state index contributed by atoms with van der Waals surface area (Å²) in [5.41, 5.74) is 9.02. The molecule has 0 unspecified atom stereocenters. The number of aromatic nitrogens is 1. The number of carbonyl (C=O) groups is 2. The molecule has 0 bridgehead atoms. The highest BCUT2D eigenvalue weighted by Crippen LogP contribution is 2.35. The van der Waals surface area contributed by atoms with Crippen molar-refractivity contribution in [2.45, 2.75) is 29.6 Å². The minimum atomic E-state index is -4.14. The Balaban J connectivity index is 1.50. The number of carbonyl (C=O) groups excluding carboxylic acids is 2. The number of aliphatic hydroxyl groups excluding tert-OH is 1.